The summed E-state index contributed by atoms with van der Waals surface area (Å²) in [6.45, 7) is 6.62. The lowest BCUT2D eigenvalue weighted by Gasteiger charge is -2.17. The summed E-state index contributed by atoms with van der Waals surface area (Å²) >= 11 is 1.55. The standard InChI is InChI=1S/C8H13N5S/c1-5-10-11-7-13(5)12-6(14-7)8(2,3)4-9/h4,9H2,1-3H3. The van der Waals surface area contributed by atoms with E-state index in [2.05, 4.69) is 29.1 Å². The average Bonchev–Trinajstić information content (AvgIpc) is 2.69. The topological polar surface area (TPSA) is 69.1 Å². The van der Waals surface area contributed by atoms with Gasteiger partial charge in [0.25, 0.3) is 0 Å². The normalized spacial score (nSPS) is 12.6. The molecule has 2 N–H and O–H groups in total. The fraction of sp³-hybridized carbons (Fsp3) is 0.625. The zero-order chi connectivity index (χ0) is 10.3. The summed E-state index contributed by atoms with van der Waals surface area (Å²) in [5.74, 6) is 0.815. The molecule has 14 heavy (non-hydrogen) atoms. The van der Waals surface area contributed by atoms with Crippen molar-refractivity contribution in [2.45, 2.75) is 26.2 Å². The molecule has 0 amide bonds. The molecule has 0 aliphatic heterocycles. The van der Waals surface area contributed by atoms with Crippen molar-refractivity contribution in [2.75, 3.05) is 6.54 Å². The van der Waals surface area contributed by atoms with Crippen molar-refractivity contribution in [1.29, 1.82) is 0 Å². The molecule has 0 bridgehead atoms. The third-order valence-corrected chi connectivity index (χ3v) is 3.50. The highest BCUT2D eigenvalue weighted by Crippen LogP contribution is 2.26. The smallest absolute Gasteiger partial charge is 0.234 e. The number of aryl methyl sites for hydroxylation is 1. The fourth-order valence-electron chi connectivity index (χ4n) is 1.08. The molecule has 6 heteroatoms. The molecular weight excluding hydrogens is 198 g/mol. The Morgan fingerprint density at radius 2 is 2.14 bits per heavy atom. The van der Waals surface area contributed by atoms with Gasteiger partial charge >= 0.3 is 0 Å². The maximum atomic E-state index is 5.69. The minimum absolute atomic E-state index is 0.0855. The molecule has 2 aromatic rings. The molecule has 0 spiro atoms. The Hall–Kier alpha value is -1.01. The second kappa shape index (κ2) is 2.99. The predicted molar refractivity (Wildman–Crippen MR) is 55.5 cm³/mol. The number of nitrogens with zero attached hydrogens (tertiary/aromatic N) is 4. The maximum Gasteiger partial charge on any atom is 0.234 e. The molecule has 0 aliphatic rings. The monoisotopic (exact) mass is 211 g/mol. The minimum atomic E-state index is -0.0855. The van der Waals surface area contributed by atoms with Crippen LogP contribution in [0.3, 0.4) is 0 Å². The Bertz CT molecular complexity index is 455. The van der Waals surface area contributed by atoms with Crippen LogP contribution in [-0.4, -0.2) is 26.4 Å². The Morgan fingerprint density at radius 3 is 2.71 bits per heavy atom. The van der Waals surface area contributed by atoms with Gasteiger partial charge < -0.3 is 5.73 Å². The first kappa shape index (κ1) is 9.54. The zero-order valence-corrected chi connectivity index (χ0v) is 9.30. The second-order valence-corrected chi connectivity index (χ2v) is 4.89. The minimum Gasteiger partial charge on any atom is -0.330 e. The molecular formula is C8H13N5S. The van der Waals surface area contributed by atoms with E-state index in [9.17, 15) is 0 Å². The Labute approximate surface area is 86.0 Å². The Morgan fingerprint density at radius 1 is 1.43 bits per heavy atom. The van der Waals surface area contributed by atoms with E-state index in [-0.39, 0.29) is 5.41 Å². The third-order valence-electron chi connectivity index (χ3n) is 2.24. The molecule has 0 saturated heterocycles. The van der Waals surface area contributed by atoms with Crippen LogP contribution in [0.1, 0.15) is 24.7 Å². The van der Waals surface area contributed by atoms with Gasteiger partial charge in [0.2, 0.25) is 4.96 Å². The number of rotatable bonds is 2. The lowest BCUT2D eigenvalue weighted by atomic mass is 9.95. The highest BCUT2D eigenvalue weighted by Gasteiger charge is 2.24. The molecule has 0 aliphatic carbocycles. The van der Waals surface area contributed by atoms with Crippen molar-refractivity contribution in [1.82, 2.24) is 19.8 Å². The summed E-state index contributed by atoms with van der Waals surface area (Å²) in [6.07, 6.45) is 0. The number of hydrogen-bond donors (Lipinski definition) is 1. The van der Waals surface area contributed by atoms with Crippen LogP contribution >= 0.6 is 11.3 Å². The zero-order valence-electron chi connectivity index (χ0n) is 8.48. The lowest BCUT2D eigenvalue weighted by molar-refractivity contribution is 0.526. The van der Waals surface area contributed by atoms with Crippen LogP contribution in [0.25, 0.3) is 4.96 Å². The summed E-state index contributed by atoms with van der Waals surface area (Å²) in [7, 11) is 0. The average molecular weight is 211 g/mol. The number of fused-ring (bicyclic) bond motifs is 1. The van der Waals surface area contributed by atoms with Crippen molar-refractivity contribution < 1.29 is 0 Å². The molecule has 0 radical (unpaired) electrons. The molecule has 0 atom stereocenters. The fourth-order valence-corrected chi connectivity index (χ4v) is 2.07. The van der Waals surface area contributed by atoms with Gasteiger partial charge in [-0.05, 0) is 6.92 Å². The molecule has 5 nitrogen and oxygen atoms in total. The van der Waals surface area contributed by atoms with Crippen LogP contribution in [0.5, 0.6) is 0 Å². The first-order valence-electron chi connectivity index (χ1n) is 4.44. The third kappa shape index (κ3) is 1.31. The quantitative estimate of drug-likeness (QED) is 0.795. The molecule has 0 aromatic carbocycles. The summed E-state index contributed by atoms with van der Waals surface area (Å²) in [5, 5.41) is 13.4. The van der Waals surface area contributed by atoms with E-state index in [0.29, 0.717) is 6.54 Å². The van der Waals surface area contributed by atoms with E-state index in [1.165, 1.54) is 0 Å². The van der Waals surface area contributed by atoms with Crippen molar-refractivity contribution in [3.05, 3.63) is 10.8 Å². The van der Waals surface area contributed by atoms with Gasteiger partial charge in [-0.15, -0.1) is 10.2 Å². The number of hydrogen-bond acceptors (Lipinski definition) is 5. The van der Waals surface area contributed by atoms with Gasteiger partial charge in [-0.3, -0.25) is 0 Å². The molecule has 2 heterocycles. The molecule has 0 unspecified atom stereocenters. The van der Waals surface area contributed by atoms with Crippen molar-refractivity contribution in [2.24, 2.45) is 5.73 Å². The van der Waals surface area contributed by atoms with Crippen LogP contribution in [0, 0.1) is 6.92 Å². The van der Waals surface area contributed by atoms with Gasteiger partial charge in [0.15, 0.2) is 5.82 Å². The van der Waals surface area contributed by atoms with Crippen molar-refractivity contribution in [3.8, 4) is 0 Å². The van der Waals surface area contributed by atoms with Gasteiger partial charge in [0.1, 0.15) is 5.01 Å². The van der Waals surface area contributed by atoms with Crippen LogP contribution in [0.2, 0.25) is 0 Å². The highest BCUT2D eigenvalue weighted by molar-refractivity contribution is 7.16. The van der Waals surface area contributed by atoms with Gasteiger partial charge in [0.05, 0.1) is 0 Å². The SMILES string of the molecule is Cc1nnc2sc(C(C)(C)CN)nn12. The van der Waals surface area contributed by atoms with Gasteiger partial charge in [-0.2, -0.15) is 9.61 Å². The second-order valence-electron chi connectivity index (χ2n) is 3.94. The summed E-state index contributed by atoms with van der Waals surface area (Å²) in [4.78, 5) is 0.832. The van der Waals surface area contributed by atoms with Crippen LogP contribution in [0.15, 0.2) is 0 Å². The maximum absolute atomic E-state index is 5.69. The molecule has 76 valence electrons. The van der Waals surface area contributed by atoms with Crippen molar-refractivity contribution >= 4 is 16.3 Å². The van der Waals surface area contributed by atoms with Gasteiger partial charge in [0, 0.05) is 12.0 Å². The largest absolute Gasteiger partial charge is 0.330 e. The van der Waals surface area contributed by atoms with Crippen LogP contribution < -0.4 is 5.73 Å². The van der Waals surface area contributed by atoms with Gasteiger partial charge in [-0.1, -0.05) is 25.2 Å². The first-order chi connectivity index (χ1) is 6.54. The molecule has 2 rings (SSSR count). The number of nitrogens with two attached hydrogens (primary N) is 1. The summed E-state index contributed by atoms with van der Waals surface area (Å²) < 4.78 is 1.76. The summed E-state index contributed by atoms with van der Waals surface area (Å²) in [6, 6.07) is 0. The van der Waals surface area contributed by atoms with Gasteiger partial charge in [-0.25, -0.2) is 0 Å². The summed E-state index contributed by atoms with van der Waals surface area (Å²) in [5.41, 5.74) is 5.60. The number of aromatic nitrogens is 4. The predicted octanol–water partition coefficient (Wildman–Crippen LogP) is 0.731. The lowest BCUT2D eigenvalue weighted by Crippen LogP contribution is -2.28. The highest BCUT2D eigenvalue weighted by atomic mass is 32.1. The van der Waals surface area contributed by atoms with Crippen LogP contribution in [-0.2, 0) is 5.41 Å². The van der Waals surface area contributed by atoms with Crippen molar-refractivity contribution in [3.63, 3.8) is 0 Å². The van der Waals surface area contributed by atoms with E-state index in [1.54, 1.807) is 15.9 Å². The van der Waals surface area contributed by atoms with E-state index in [4.69, 9.17) is 5.73 Å². The Balaban J connectivity index is 2.55. The van der Waals surface area contributed by atoms with E-state index < -0.39 is 0 Å². The molecule has 0 fully saturated rings. The van der Waals surface area contributed by atoms with E-state index in [1.807, 2.05) is 6.92 Å². The van der Waals surface area contributed by atoms with E-state index >= 15 is 0 Å². The first-order valence-corrected chi connectivity index (χ1v) is 5.25. The Kier molecular flexibility index (Phi) is 2.04. The molecule has 0 saturated carbocycles. The van der Waals surface area contributed by atoms with E-state index in [0.717, 1.165) is 15.8 Å². The molecule has 2 aromatic heterocycles. The van der Waals surface area contributed by atoms with Crippen LogP contribution in [0.4, 0.5) is 0 Å².